The van der Waals surface area contributed by atoms with Crippen molar-refractivity contribution in [1.29, 1.82) is 0 Å². The second-order valence-electron chi connectivity index (χ2n) is 18.0. The number of hydrogen-bond acceptors (Lipinski definition) is 12. The molecule has 1 aliphatic carbocycles. The number of carbonyl (C=O) groups is 5. The molecule has 12 nitrogen and oxygen atoms in total. The van der Waals surface area contributed by atoms with Crippen molar-refractivity contribution in [3.63, 3.8) is 0 Å². The van der Waals surface area contributed by atoms with E-state index in [1.54, 1.807) is 0 Å². The minimum atomic E-state index is -1.32. The van der Waals surface area contributed by atoms with Crippen molar-refractivity contribution in [1.82, 2.24) is 0 Å². The van der Waals surface area contributed by atoms with Crippen LogP contribution in [0.4, 0.5) is 0 Å². The van der Waals surface area contributed by atoms with E-state index >= 15 is 0 Å². The molecule has 0 radical (unpaired) electrons. The van der Waals surface area contributed by atoms with Crippen LogP contribution >= 0.6 is 0 Å². The van der Waals surface area contributed by atoms with Crippen molar-refractivity contribution < 1.29 is 57.1 Å². The van der Waals surface area contributed by atoms with Crippen molar-refractivity contribution in [2.45, 2.75) is 253 Å². The summed E-state index contributed by atoms with van der Waals surface area (Å²) in [7, 11) is 0. The summed E-state index contributed by atoms with van der Waals surface area (Å²) in [6, 6.07) is 0. The van der Waals surface area contributed by atoms with E-state index in [0.717, 1.165) is 50.4 Å². The molecule has 0 aromatic heterocycles. The summed E-state index contributed by atoms with van der Waals surface area (Å²) in [5, 5.41) is 0. The Morgan fingerprint density at radius 3 is 1.31 bits per heavy atom. The SMILES string of the molecule is CCCCCCC(C)CCCCCCCCCOC[C@@H](CO[C@@H]1[C@@H](OC(C)=O)[C@H](OC(C)=O)[C@@H](OC(C)=O)[C@@H]1OC(=O)CCCCCCCCCCCCC(C)C)OC(C)=O. The first-order chi connectivity index (χ1) is 29.2. The third-order valence-corrected chi connectivity index (χ3v) is 11.4. The predicted molar refractivity (Wildman–Crippen MR) is 238 cm³/mol. The Morgan fingerprint density at radius 1 is 0.443 bits per heavy atom. The first-order valence-electron chi connectivity index (χ1n) is 24.3. The highest BCUT2D eigenvalue weighted by Gasteiger charge is 2.59. The van der Waals surface area contributed by atoms with Gasteiger partial charge in [0.2, 0.25) is 0 Å². The molecule has 1 fully saturated rings. The van der Waals surface area contributed by atoms with Crippen LogP contribution in [0.15, 0.2) is 0 Å². The van der Waals surface area contributed by atoms with Crippen LogP contribution in [0, 0.1) is 11.8 Å². The second kappa shape index (κ2) is 35.7. The molecule has 0 aromatic rings. The van der Waals surface area contributed by atoms with Crippen LogP contribution < -0.4 is 0 Å². The van der Waals surface area contributed by atoms with Crippen molar-refractivity contribution in [3.05, 3.63) is 0 Å². The number of hydrogen-bond donors (Lipinski definition) is 0. The monoisotopic (exact) mass is 869 g/mol. The van der Waals surface area contributed by atoms with Gasteiger partial charge in [0.05, 0.1) is 13.2 Å². The molecular weight excluding hydrogens is 781 g/mol. The van der Waals surface area contributed by atoms with Crippen LogP contribution in [-0.2, 0) is 57.1 Å². The number of rotatable bonds is 38. The largest absolute Gasteiger partial charge is 0.458 e. The lowest BCUT2D eigenvalue weighted by molar-refractivity contribution is -0.181. The fourth-order valence-corrected chi connectivity index (χ4v) is 8.11. The van der Waals surface area contributed by atoms with Crippen molar-refractivity contribution in [3.8, 4) is 0 Å². The van der Waals surface area contributed by atoms with Crippen LogP contribution in [0.1, 0.15) is 216 Å². The first kappa shape index (κ1) is 56.3. The topological polar surface area (TPSA) is 150 Å². The first-order valence-corrected chi connectivity index (χ1v) is 24.3. The molecule has 12 heteroatoms. The zero-order valence-electron chi connectivity index (χ0n) is 39.8. The molecule has 0 N–H and O–H groups in total. The van der Waals surface area contributed by atoms with Gasteiger partial charge in [0.15, 0.2) is 24.4 Å². The Kier molecular flexibility index (Phi) is 32.9. The molecular formula is C49H88O12. The Bertz CT molecular complexity index is 1170. The number of esters is 5. The van der Waals surface area contributed by atoms with Gasteiger partial charge in [-0.1, -0.05) is 169 Å². The molecule has 1 saturated carbocycles. The summed E-state index contributed by atoms with van der Waals surface area (Å²) in [6.07, 6.45) is 21.3. The standard InChI is InChI=1S/C49H88O12/c1-9-10-11-26-31-38(4)32-27-22-18-16-20-24-29-34-55-35-43(57-39(5)50)36-56-45-46(58-40(6)51)48(59-41(7)52)49(60-42(8)53)47(45)61-44(54)33-28-23-19-15-13-12-14-17-21-25-30-37(2)3/h37-38,43,45-49H,9-36H2,1-8H3/t38?,43-,45+,46+,47+,48-,49-/m0/s1. The van der Waals surface area contributed by atoms with E-state index in [4.69, 9.17) is 33.2 Å². The number of carbonyl (C=O) groups excluding carboxylic acids is 5. The van der Waals surface area contributed by atoms with Gasteiger partial charge in [-0.3, -0.25) is 24.0 Å². The van der Waals surface area contributed by atoms with Gasteiger partial charge < -0.3 is 33.2 Å². The fraction of sp³-hybridized carbons (Fsp3) is 0.898. The Hall–Kier alpha value is -2.73. The highest BCUT2D eigenvalue weighted by Crippen LogP contribution is 2.35. The van der Waals surface area contributed by atoms with Gasteiger partial charge in [-0.25, -0.2) is 0 Å². The highest BCUT2D eigenvalue weighted by molar-refractivity contribution is 5.71. The molecule has 356 valence electrons. The van der Waals surface area contributed by atoms with Crippen molar-refractivity contribution in [2.75, 3.05) is 19.8 Å². The maximum Gasteiger partial charge on any atom is 0.306 e. The molecule has 0 bridgehead atoms. The summed E-state index contributed by atoms with van der Waals surface area (Å²) in [5.41, 5.74) is 0. The van der Waals surface area contributed by atoms with Crippen LogP contribution in [-0.4, -0.2) is 86.3 Å². The second-order valence-corrected chi connectivity index (χ2v) is 18.0. The maximum atomic E-state index is 13.3. The summed E-state index contributed by atoms with van der Waals surface area (Å²) >= 11 is 0. The molecule has 1 rings (SSSR count). The molecule has 0 aromatic carbocycles. The normalized spacial score (nSPS) is 19.7. The van der Waals surface area contributed by atoms with Crippen molar-refractivity contribution in [2.24, 2.45) is 11.8 Å². The molecule has 61 heavy (non-hydrogen) atoms. The Labute approximate surface area is 370 Å². The summed E-state index contributed by atoms with van der Waals surface area (Å²) in [5.74, 6) is -1.65. The van der Waals surface area contributed by atoms with E-state index in [1.165, 1.54) is 137 Å². The smallest absolute Gasteiger partial charge is 0.306 e. The van der Waals surface area contributed by atoms with Crippen molar-refractivity contribution >= 4 is 29.8 Å². The van der Waals surface area contributed by atoms with Gasteiger partial charge in [0, 0.05) is 40.7 Å². The minimum Gasteiger partial charge on any atom is -0.458 e. The number of ether oxygens (including phenoxy) is 7. The fourth-order valence-electron chi connectivity index (χ4n) is 8.11. The maximum absolute atomic E-state index is 13.3. The van der Waals surface area contributed by atoms with E-state index in [2.05, 4.69) is 27.7 Å². The average Bonchev–Trinajstić information content (AvgIpc) is 3.42. The van der Waals surface area contributed by atoms with E-state index in [0.29, 0.717) is 13.0 Å². The molecule has 0 heterocycles. The molecule has 0 amide bonds. The third-order valence-electron chi connectivity index (χ3n) is 11.4. The van der Waals surface area contributed by atoms with Crippen LogP contribution in [0.5, 0.6) is 0 Å². The molecule has 1 unspecified atom stereocenters. The minimum absolute atomic E-state index is 0.0463. The lowest BCUT2D eigenvalue weighted by atomic mass is 9.96. The van der Waals surface area contributed by atoms with Gasteiger partial charge in [-0.05, 0) is 24.7 Å². The lowest BCUT2D eigenvalue weighted by Crippen LogP contribution is -2.43. The molecule has 0 saturated heterocycles. The molecule has 7 atom stereocenters. The van der Waals surface area contributed by atoms with Gasteiger partial charge in [0.25, 0.3) is 0 Å². The van der Waals surface area contributed by atoms with E-state index in [9.17, 15) is 24.0 Å². The van der Waals surface area contributed by atoms with E-state index in [1.807, 2.05) is 0 Å². The summed E-state index contributed by atoms with van der Waals surface area (Å²) in [6.45, 7) is 14.3. The quantitative estimate of drug-likeness (QED) is 0.0330. The van der Waals surface area contributed by atoms with Gasteiger partial charge in [-0.2, -0.15) is 0 Å². The van der Waals surface area contributed by atoms with Crippen LogP contribution in [0.2, 0.25) is 0 Å². The van der Waals surface area contributed by atoms with E-state index in [-0.39, 0.29) is 19.6 Å². The van der Waals surface area contributed by atoms with E-state index < -0.39 is 66.5 Å². The summed E-state index contributed by atoms with van der Waals surface area (Å²) in [4.78, 5) is 62.3. The summed E-state index contributed by atoms with van der Waals surface area (Å²) < 4.78 is 40.3. The molecule has 0 aliphatic heterocycles. The van der Waals surface area contributed by atoms with Gasteiger partial charge in [-0.15, -0.1) is 0 Å². The zero-order valence-corrected chi connectivity index (χ0v) is 39.8. The third kappa shape index (κ3) is 29.3. The predicted octanol–water partition coefficient (Wildman–Crippen LogP) is 11.1. The van der Waals surface area contributed by atoms with Crippen LogP contribution in [0.3, 0.4) is 0 Å². The lowest BCUT2D eigenvalue weighted by Gasteiger charge is -2.27. The zero-order chi connectivity index (χ0) is 45.3. The van der Waals surface area contributed by atoms with Gasteiger partial charge in [0.1, 0.15) is 12.2 Å². The number of unbranched alkanes of at least 4 members (excludes halogenated alkanes) is 18. The highest BCUT2D eigenvalue weighted by atomic mass is 16.7. The van der Waals surface area contributed by atoms with Gasteiger partial charge >= 0.3 is 29.8 Å². The van der Waals surface area contributed by atoms with Crippen LogP contribution in [0.25, 0.3) is 0 Å². The molecule has 1 aliphatic rings. The molecule has 0 spiro atoms. The Balaban J connectivity index is 2.73. The average molecular weight is 869 g/mol. The Morgan fingerprint density at radius 2 is 0.852 bits per heavy atom.